The molecule has 1 unspecified atom stereocenters. The third-order valence-corrected chi connectivity index (χ3v) is 8.64. The number of amides is 1. The predicted molar refractivity (Wildman–Crippen MR) is 131 cm³/mol. The number of nitrogens with zero attached hydrogens (tertiary/aromatic N) is 5. The Morgan fingerprint density at radius 1 is 1.09 bits per heavy atom. The van der Waals surface area contributed by atoms with E-state index >= 15 is 0 Å². The van der Waals surface area contributed by atoms with Crippen molar-refractivity contribution in [3.63, 3.8) is 0 Å². The maximum absolute atomic E-state index is 12.8. The Balaban J connectivity index is 1.12. The lowest BCUT2D eigenvalue weighted by Crippen LogP contribution is -2.42. The fourth-order valence-electron chi connectivity index (χ4n) is 5.55. The summed E-state index contributed by atoms with van der Waals surface area (Å²) < 4.78 is 1.49. The second-order valence-electron chi connectivity index (χ2n) is 9.91. The van der Waals surface area contributed by atoms with Crippen molar-refractivity contribution in [2.24, 2.45) is 5.92 Å². The van der Waals surface area contributed by atoms with Crippen molar-refractivity contribution in [2.45, 2.75) is 77.2 Å². The summed E-state index contributed by atoms with van der Waals surface area (Å²) in [5.41, 5.74) is 1.82. The zero-order valence-electron chi connectivity index (χ0n) is 19.7. The number of rotatable bonds is 6. The first kappa shape index (κ1) is 22.8. The number of aryl methyl sites for hydroxylation is 1. The Labute approximate surface area is 199 Å². The van der Waals surface area contributed by atoms with Crippen molar-refractivity contribution in [3.05, 3.63) is 21.6 Å². The van der Waals surface area contributed by atoms with Crippen LogP contribution in [0.3, 0.4) is 0 Å². The molecule has 1 aliphatic carbocycles. The Morgan fingerprint density at radius 2 is 1.91 bits per heavy atom. The van der Waals surface area contributed by atoms with Crippen LogP contribution in [0, 0.1) is 5.92 Å². The molecule has 4 heterocycles. The minimum Gasteiger partial charge on any atom is -0.356 e. The highest BCUT2D eigenvalue weighted by Gasteiger charge is 2.27. The Kier molecular flexibility index (Phi) is 6.97. The average molecular weight is 473 g/mol. The SMILES string of the molecule is CC1CCCCN1CCCNC(=O)C1CCN(c2nn3c(=O)c4c(nc3s2)CCCC4)CC1. The summed E-state index contributed by atoms with van der Waals surface area (Å²) in [7, 11) is 0. The molecule has 2 aromatic heterocycles. The second kappa shape index (κ2) is 10.1. The van der Waals surface area contributed by atoms with E-state index in [1.807, 2.05) is 0 Å². The number of nitrogens with one attached hydrogen (secondary N) is 1. The molecule has 33 heavy (non-hydrogen) atoms. The minimum absolute atomic E-state index is 0.00501. The fourth-order valence-corrected chi connectivity index (χ4v) is 6.51. The quantitative estimate of drug-likeness (QED) is 0.651. The molecule has 9 heteroatoms. The molecule has 2 fully saturated rings. The summed E-state index contributed by atoms with van der Waals surface area (Å²) in [6, 6.07) is 0.679. The van der Waals surface area contributed by atoms with E-state index in [1.165, 1.54) is 41.7 Å². The van der Waals surface area contributed by atoms with Gasteiger partial charge in [0.2, 0.25) is 16.0 Å². The van der Waals surface area contributed by atoms with E-state index in [4.69, 9.17) is 4.98 Å². The van der Waals surface area contributed by atoms with Gasteiger partial charge in [0.15, 0.2) is 0 Å². The predicted octanol–water partition coefficient (Wildman–Crippen LogP) is 2.63. The topological polar surface area (TPSA) is 82.8 Å². The van der Waals surface area contributed by atoms with Gasteiger partial charge in [0.25, 0.3) is 5.56 Å². The molecule has 0 saturated carbocycles. The Bertz CT molecular complexity index is 1040. The summed E-state index contributed by atoms with van der Waals surface area (Å²) in [6.07, 6.45) is 10.5. The summed E-state index contributed by atoms with van der Waals surface area (Å²) in [5, 5.41) is 8.62. The zero-order valence-corrected chi connectivity index (χ0v) is 20.5. The highest BCUT2D eigenvalue weighted by Crippen LogP contribution is 2.28. The Morgan fingerprint density at radius 3 is 2.73 bits per heavy atom. The van der Waals surface area contributed by atoms with E-state index in [0.717, 1.165) is 87.5 Å². The van der Waals surface area contributed by atoms with Gasteiger partial charge in [-0.25, -0.2) is 4.98 Å². The smallest absolute Gasteiger partial charge is 0.278 e. The second-order valence-corrected chi connectivity index (χ2v) is 10.8. The van der Waals surface area contributed by atoms with Crippen molar-refractivity contribution in [1.29, 1.82) is 0 Å². The van der Waals surface area contributed by atoms with Gasteiger partial charge >= 0.3 is 0 Å². The number of aromatic nitrogens is 3. The monoisotopic (exact) mass is 472 g/mol. The van der Waals surface area contributed by atoms with Crippen LogP contribution in [-0.2, 0) is 17.6 Å². The lowest BCUT2D eigenvalue weighted by atomic mass is 9.96. The molecule has 0 aromatic carbocycles. The maximum atomic E-state index is 12.8. The molecule has 2 aliphatic heterocycles. The first-order chi connectivity index (χ1) is 16.1. The van der Waals surface area contributed by atoms with Gasteiger partial charge in [-0.05, 0) is 71.3 Å². The minimum atomic E-state index is 0.00501. The van der Waals surface area contributed by atoms with Gasteiger partial charge in [0, 0.05) is 43.7 Å². The molecule has 8 nitrogen and oxygen atoms in total. The highest BCUT2D eigenvalue weighted by atomic mass is 32.1. The molecule has 2 aromatic rings. The van der Waals surface area contributed by atoms with E-state index < -0.39 is 0 Å². The van der Waals surface area contributed by atoms with Crippen molar-refractivity contribution >= 4 is 27.3 Å². The number of hydrogen-bond acceptors (Lipinski definition) is 7. The van der Waals surface area contributed by atoms with Crippen LogP contribution < -0.4 is 15.8 Å². The number of carbonyl (C=O) groups excluding carboxylic acids is 1. The van der Waals surface area contributed by atoms with Crippen molar-refractivity contribution in [2.75, 3.05) is 37.6 Å². The van der Waals surface area contributed by atoms with Crippen LogP contribution in [-0.4, -0.2) is 64.2 Å². The molecule has 1 amide bonds. The van der Waals surface area contributed by atoms with Gasteiger partial charge < -0.3 is 15.1 Å². The highest BCUT2D eigenvalue weighted by molar-refractivity contribution is 7.20. The number of piperidine rings is 2. The first-order valence-electron chi connectivity index (χ1n) is 12.8. The lowest BCUT2D eigenvalue weighted by Gasteiger charge is -2.33. The average Bonchev–Trinajstić information content (AvgIpc) is 3.27. The summed E-state index contributed by atoms with van der Waals surface area (Å²) in [4.78, 5) is 35.7. The van der Waals surface area contributed by atoms with Crippen LogP contribution in [0.1, 0.15) is 69.5 Å². The molecule has 180 valence electrons. The molecule has 0 spiro atoms. The lowest BCUT2D eigenvalue weighted by molar-refractivity contribution is -0.125. The van der Waals surface area contributed by atoms with E-state index in [1.54, 1.807) is 0 Å². The zero-order chi connectivity index (χ0) is 22.8. The normalized spacial score (nSPS) is 22.5. The molecule has 3 aliphatic rings. The maximum Gasteiger partial charge on any atom is 0.278 e. The third kappa shape index (κ3) is 4.94. The van der Waals surface area contributed by atoms with Gasteiger partial charge in [-0.1, -0.05) is 17.8 Å². The number of carbonyl (C=O) groups is 1. The molecule has 1 N–H and O–H groups in total. The molecular weight excluding hydrogens is 436 g/mol. The van der Waals surface area contributed by atoms with E-state index in [9.17, 15) is 9.59 Å². The van der Waals surface area contributed by atoms with E-state index in [-0.39, 0.29) is 17.4 Å². The first-order valence-corrected chi connectivity index (χ1v) is 13.6. The summed E-state index contributed by atoms with van der Waals surface area (Å²) in [5.74, 6) is 0.258. The van der Waals surface area contributed by atoms with Gasteiger partial charge in [-0.15, -0.1) is 5.10 Å². The van der Waals surface area contributed by atoms with Crippen molar-refractivity contribution in [3.8, 4) is 0 Å². The number of hydrogen-bond donors (Lipinski definition) is 1. The molecule has 2 saturated heterocycles. The number of likely N-dealkylation sites (tertiary alicyclic amines) is 1. The molecular formula is C24H36N6O2S. The standard InChI is InChI=1S/C24H36N6O2S/c1-17-7-4-5-13-28(17)14-6-12-25-21(31)18-10-15-29(16-11-18)24-27-30-22(32)19-8-2-3-9-20(19)26-23(30)33-24/h17-18H,2-16H2,1H3,(H,25,31). The van der Waals surface area contributed by atoms with Crippen LogP contribution in [0.2, 0.25) is 0 Å². The van der Waals surface area contributed by atoms with Crippen molar-refractivity contribution in [1.82, 2.24) is 24.8 Å². The van der Waals surface area contributed by atoms with Crippen LogP contribution in [0.15, 0.2) is 4.79 Å². The molecule has 1 atom stereocenters. The third-order valence-electron chi connectivity index (χ3n) is 7.67. The van der Waals surface area contributed by atoms with Gasteiger partial charge in [0.1, 0.15) is 0 Å². The fraction of sp³-hybridized carbons (Fsp3) is 0.750. The molecule has 0 radical (unpaired) electrons. The number of anilines is 1. The number of fused-ring (bicyclic) bond motifs is 2. The van der Waals surface area contributed by atoms with E-state index in [2.05, 4.69) is 27.1 Å². The van der Waals surface area contributed by atoms with Gasteiger partial charge in [-0.2, -0.15) is 4.52 Å². The van der Waals surface area contributed by atoms with Gasteiger partial charge in [-0.3, -0.25) is 9.59 Å². The largest absolute Gasteiger partial charge is 0.356 e. The summed E-state index contributed by atoms with van der Waals surface area (Å²) in [6.45, 7) is 6.93. The van der Waals surface area contributed by atoms with Crippen LogP contribution in [0.25, 0.3) is 4.96 Å². The van der Waals surface area contributed by atoms with E-state index in [0.29, 0.717) is 11.0 Å². The van der Waals surface area contributed by atoms with Crippen molar-refractivity contribution < 1.29 is 4.79 Å². The van der Waals surface area contributed by atoms with Crippen LogP contribution >= 0.6 is 11.3 Å². The molecule has 0 bridgehead atoms. The van der Waals surface area contributed by atoms with Crippen LogP contribution in [0.4, 0.5) is 5.13 Å². The van der Waals surface area contributed by atoms with Crippen LogP contribution in [0.5, 0.6) is 0 Å². The van der Waals surface area contributed by atoms with Gasteiger partial charge in [0.05, 0.1) is 5.69 Å². The Hall–Kier alpha value is -2.00. The molecule has 5 rings (SSSR count). The summed E-state index contributed by atoms with van der Waals surface area (Å²) >= 11 is 1.49.